The molecule has 69 heavy (non-hydrogen) atoms. The van der Waals surface area contributed by atoms with Crippen LogP contribution < -0.4 is 0 Å². The molecule has 0 unspecified atom stereocenters. The van der Waals surface area contributed by atoms with Gasteiger partial charge < -0.3 is 14.2 Å². The molecule has 0 amide bonds. The van der Waals surface area contributed by atoms with Gasteiger partial charge in [0.2, 0.25) is 0 Å². The molecule has 0 aromatic heterocycles. The maximum atomic E-state index is 12.8. The fourth-order valence-corrected chi connectivity index (χ4v) is 7.48. The van der Waals surface area contributed by atoms with Crippen molar-refractivity contribution in [3.63, 3.8) is 0 Å². The molecule has 0 fully saturated rings. The van der Waals surface area contributed by atoms with Crippen LogP contribution in [0.4, 0.5) is 0 Å². The predicted octanol–water partition coefficient (Wildman–Crippen LogP) is 19.1. The third kappa shape index (κ3) is 54.9. The van der Waals surface area contributed by atoms with Gasteiger partial charge in [0.25, 0.3) is 0 Å². The van der Waals surface area contributed by atoms with Gasteiger partial charge in [-0.15, -0.1) is 0 Å². The molecule has 0 spiro atoms. The quantitative estimate of drug-likeness (QED) is 0.0262. The van der Waals surface area contributed by atoms with E-state index < -0.39 is 6.10 Å². The van der Waals surface area contributed by atoms with E-state index in [4.69, 9.17) is 14.2 Å². The Morgan fingerprint density at radius 2 is 0.565 bits per heavy atom. The Morgan fingerprint density at radius 1 is 0.290 bits per heavy atom. The largest absolute Gasteiger partial charge is 0.462 e. The smallest absolute Gasteiger partial charge is 0.306 e. The summed E-state index contributed by atoms with van der Waals surface area (Å²) in [7, 11) is 0. The Hall–Kier alpha value is -3.93. The highest BCUT2D eigenvalue weighted by molar-refractivity contribution is 5.71. The van der Waals surface area contributed by atoms with Crippen LogP contribution in [0.1, 0.15) is 252 Å². The van der Waals surface area contributed by atoms with Crippen LogP contribution in [0, 0.1) is 0 Å². The Labute approximate surface area is 425 Å². The molecular formula is C63H104O6. The maximum absolute atomic E-state index is 12.8. The highest BCUT2D eigenvalue weighted by atomic mass is 16.6. The van der Waals surface area contributed by atoms with Gasteiger partial charge in [0, 0.05) is 19.3 Å². The van der Waals surface area contributed by atoms with Crippen LogP contribution in [0.25, 0.3) is 0 Å². The van der Waals surface area contributed by atoms with Gasteiger partial charge in [0.05, 0.1) is 0 Å². The van der Waals surface area contributed by atoms with Gasteiger partial charge in [-0.2, -0.15) is 0 Å². The van der Waals surface area contributed by atoms with Gasteiger partial charge in [-0.3, -0.25) is 14.4 Å². The number of carbonyl (C=O) groups excluding carboxylic acids is 3. The van der Waals surface area contributed by atoms with E-state index in [1.54, 1.807) is 0 Å². The molecule has 0 radical (unpaired) electrons. The molecule has 0 aromatic rings. The van der Waals surface area contributed by atoms with Gasteiger partial charge in [-0.05, 0) is 96.3 Å². The second-order valence-electron chi connectivity index (χ2n) is 18.5. The third-order valence-electron chi connectivity index (χ3n) is 11.8. The lowest BCUT2D eigenvalue weighted by Gasteiger charge is -2.18. The highest BCUT2D eigenvalue weighted by Crippen LogP contribution is 2.15. The normalized spacial score (nSPS) is 12.9. The Kier molecular flexibility index (Phi) is 53.4. The van der Waals surface area contributed by atoms with E-state index in [2.05, 4.69) is 124 Å². The van der Waals surface area contributed by atoms with E-state index in [0.29, 0.717) is 19.3 Å². The molecule has 0 aliphatic carbocycles. The summed E-state index contributed by atoms with van der Waals surface area (Å²) in [5, 5.41) is 0. The van der Waals surface area contributed by atoms with Crippen LogP contribution in [0.3, 0.4) is 0 Å². The van der Waals surface area contributed by atoms with Crippen molar-refractivity contribution in [1.82, 2.24) is 0 Å². The molecule has 0 aromatic carbocycles. The van der Waals surface area contributed by atoms with E-state index in [9.17, 15) is 14.4 Å². The molecule has 1 atom stereocenters. The predicted molar refractivity (Wildman–Crippen MR) is 297 cm³/mol. The zero-order valence-electron chi connectivity index (χ0n) is 44.8. The molecule has 392 valence electrons. The summed E-state index contributed by atoms with van der Waals surface area (Å²) in [4.78, 5) is 38.1. The third-order valence-corrected chi connectivity index (χ3v) is 11.8. The zero-order valence-corrected chi connectivity index (χ0v) is 44.8. The van der Waals surface area contributed by atoms with Crippen LogP contribution in [-0.4, -0.2) is 37.2 Å². The number of hydrogen-bond donors (Lipinski definition) is 0. The number of ether oxygens (including phenoxy) is 3. The summed E-state index contributed by atoms with van der Waals surface area (Å²) in [6.45, 7) is 6.48. The fraction of sp³-hybridized carbons (Fsp3) is 0.667. The first kappa shape index (κ1) is 65.1. The van der Waals surface area contributed by atoms with Gasteiger partial charge in [0.15, 0.2) is 6.10 Å². The van der Waals surface area contributed by atoms with Crippen molar-refractivity contribution in [3.05, 3.63) is 109 Å². The molecule has 0 aliphatic heterocycles. The van der Waals surface area contributed by atoms with Crippen molar-refractivity contribution in [2.24, 2.45) is 0 Å². The van der Waals surface area contributed by atoms with Crippen LogP contribution in [0.15, 0.2) is 109 Å². The summed E-state index contributed by atoms with van der Waals surface area (Å²) in [6, 6.07) is 0. The summed E-state index contributed by atoms with van der Waals surface area (Å²) in [5.41, 5.74) is 0. The average molecular weight is 958 g/mol. The van der Waals surface area contributed by atoms with E-state index in [1.807, 2.05) is 6.08 Å². The minimum absolute atomic E-state index is 0.129. The van der Waals surface area contributed by atoms with E-state index in [-0.39, 0.29) is 44.0 Å². The molecular weight excluding hydrogens is 853 g/mol. The van der Waals surface area contributed by atoms with Crippen molar-refractivity contribution in [3.8, 4) is 0 Å². The Morgan fingerprint density at radius 3 is 0.942 bits per heavy atom. The number of allylic oxidation sites excluding steroid dienone is 18. The molecule has 6 nitrogen and oxygen atoms in total. The van der Waals surface area contributed by atoms with Crippen LogP contribution in [0.2, 0.25) is 0 Å². The minimum Gasteiger partial charge on any atom is -0.462 e. The van der Waals surface area contributed by atoms with Gasteiger partial charge in [0.1, 0.15) is 13.2 Å². The second kappa shape index (κ2) is 56.7. The molecule has 6 heteroatoms. The van der Waals surface area contributed by atoms with Crippen molar-refractivity contribution in [2.45, 2.75) is 258 Å². The van der Waals surface area contributed by atoms with Crippen LogP contribution in [0.5, 0.6) is 0 Å². The molecule has 0 aliphatic rings. The molecule has 0 bridgehead atoms. The zero-order chi connectivity index (χ0) is 50.0. The van der Waals surface area contributed by atoms with Crippen molar-refractivity contribution < 1.29 is 28.6 Å². The van der Waals surface area contributed by atoms with E-state index >= 15 is 0 Å². The lowest BCUT2D eigenvalue weighted by atomic mass is 10.0. The number of hydrogen-bond acceptors (Lipinski definition) is 6. The lowest BCUT2D eigenvalue weighted by Crippen LogP contribution is -2.30. The SMILES string of the molecule is CCCCC/C=C\C/C=C\C/C=C\C/C=C\C/C=C\CCC(=O)OC[C@H](COC(=O)CCC/C=C\C/C=C\C/C=C\C/C=C\CCCCC)OC(=O)CCCCCCCCCCCCCCCCC. The Balaban J connectivity index is 4.58. The first-order valence-electron chi connectivity index (χ1n) is 28.4. The van der Waals surface area contributed by atoms with Crippen LogP contribution in [-0.2, 0) is 28.6 Å². The van der Waals surface area contributed by atoms with Crippen molar-refractivity contribution in [2.75, 3.05) is 13.2 Å². The standard InChI is InChI=1S/C63H104O6/c1-4-7-10-13-16-19-22-25-28-30-31-33-36-38-41-44-47-50-53-56-62(65)68-59-60(69-63(66)57-54-51-48-45-42-39-34-27-24-21-18-15-12-9-6-3)58-67-61(64)55-52-49-46-43-40-37-35-32-29-26-23-20-17-14-11-8-5-2/h16-17,19-20,25-26,28-29,31,33,35,37-38,41,43,46-47,50,60H,4-15,18,21-24,27,30,32,34,36,39-40,42,44-45,48-49,51-59H2,1-3H3/b19-16-,20-17-,28-25-,29-26-,33-31-,37-35-,41-38-,46-43-,50-47-/t60-/m0/s1. The fourth-order valence-electron chi connectivity index (χ4n) is 7.48. The summed E-state index contributed by atoms with van der Waals surface area (Å²) in [5.74, 6) is -1.06. The number of esters is 3. The Bertz CT molecular complexity index is 1420. The van der Waals surface area contributed by atoms with E-state index in [1.165, 1.54) is 128 Å². The van der Waals surface area contributed by atoms with Crippen molar-refractivity contribution in [1.29, 1.82) is 0 Å². The molecule has 0 saturated heterocycles. The maximum Gasteiger partial charge on any atom is 0.306 e. The number of rotatable bonds is 50. The lowest BCUT2D eigenvalue weighted by molar-refractivity contribution is -0.166. The summed E-state index contributed by atoms with van der Waals surface area (Å²) < 4.78 is 16.7. The van der Waals surface area contributed by atoms with Crippen molar-refractivity contribution >= 4 is 17.9 Å². The average Bonchev–Trinajstić information content (AvgIpc) is 3.35. The summed E-state index contributed by atoms with van der Waals surface area (Å²) in [6.07, 6.45) is 76.6. The van der Waals surface area contributed by atoms with Gasteiger partial charge in [-0.25, -0.2) is 0 Å². The van der Waals surface area contributed by atoms with E-state index in [0.717, 1.165) is 70.6 Å². The topological polar surface area (TPSA) is 78.9 Å². The molecule has 0 N–H and O–H groups in total. The summed E-state index contributed by atoms with van der Waals surface area (Å²) >= 11 is 0. The second-order valence-corrected chi connectivity index (χ2v) is 18.5. The minimum atomic E-state index is -0.830. The first-order chi connectivity index (χ1) is 34.0. The van der Waals surface area contributed by atoms with Gasteiger partial charge in [-0.1, -0.05) is 246 Å². The molecule has 0 heterocycles. The van der Waals surface area contributed by atoms with Crippen LogP contribution >= 0.6 is 0 Å². The molecule has 0 saturated carbocycles. The highest BCUT2D eigenvalue weighted by Gasteiger charge is 2.19. The first-order valence-corrected chi connectivity index (χ1v) is 28.4. The van der Waals surface area contributed by atoms with Gasteiger partial charge >= 0.3 is 17.9 Å². The monoisotopic (exact) mass is 957 g/mol. The number of carbonyl (C=O) groups is 3. The molecule has 0 rings (SSSR count). The number of unbranched alkanes of at least 4 members (excludes halogenated alkanes) is 21.